The summed E-state index contributed by atoms with van der Waals surface area (Å²) in [6.45, 7) is 3.68. The van der Waals surface area contributed by atoms with Crippen LogP contribution in [-0.4, -0.2) is 0 Å². The van der Waals surface area contributed by atoms with Gasteiger partial charge in [0.2, 0.25) is 0 Å². The number of hydrogen-bond donors (Lipinski definition) is 1. The van der Waals surface area contributed by atoms with Crippen molar-refractivity contribution < 1.29 is 4.39 Å². The van der Waals surface area contributed by atoms with Crippen molar-refractivity contribution in [1.29, 1.82) is 0 Å². The van der Waals surface area contributed by atoms with Crippen LogP contribution < -0.4 is 5.32 Å². The van der Waals surface area contributed by atoms with Gasteiger partial charge < -0.3 is 5.32 Å². The van der Waals surface area contributed by atoms with Crippen LogP contribution in [0.15, 0.2) is 48.5 Å². The second-order valence-electron chi connectivity index (χ2n) is 4.22. The molecule has 2 aromatic carbocycles. The molecule has 2 aromatic rings. The van der Waals surface area contributed by atoms with E-state index < -0.39 is 0 Å². The topological polar surface area (TPSA) is 12.0 Å². The van der Waals surface area contributed by atoms with Crippen LogP contribution >= 0.6 is 0 Å². The van der Waals surface area contributed by atoms with Gasteiger partial charge in [-0.1, -0.05) is 42.0 Å². The van der Waals surface area contributed by atoms with Crippen LogP contribution in [0.25, 0.3) is 0 Å². The molecule has 88 valence electrons. The second-order valence-corrected chi connectivity index (χ2v) is 4.22. The van der Waals surface area contributed by atoms with Gasteiger partial charge in [0.1, 0.15) is 5.82 Å². The van der Waals surface area contributed by atoms with Crippen molar-refractivity contribution in [1.82, 2.24) is 5.32 Å². The van der Waals surface area contributed by atoms with Crippen molar-refractivity contribution in [2.45, 2.75) is 20.0 Å². The molecule has 1 N–H and O–H groups in total. The van der Waals surface area contributed by atoms with Crippen molar-refractivity contribution in [2.24, 2.45) is 0 Å². The molecule has 1 nitrogen and oxygen atoms in total. The first-order chi connectivity index (χ1) is 8.24. The molecule has 0 atom stereocenters. The molecular weight excluding hydrogens is 213 g/mol. The van der Waals surface area contributed by atoms with Gasteiger partial charge in [0.05, 0.1) is 0 Å². The molecule has 0 unspecified atom stereocenters. The summed E-state index contributed by atoms with van der Waals surface area (Å²) in [6.07, 6.45) is 0. The zero-order valence-electron chi connectivity index (χ0n) is 9.91. The van der Waals surface area contributed by atoms with Gasteiger partial charge in [0, 0.05) is 13.1 Å². The van der Waals surface area contributed by atoms with E-state index >= 15 is 0 Å². The molecule has 0 aromatic heterocycles. The highest BCUT2D eigenvalue weighted by Gasteiger charge is 1.95. The third-order valence-corrected chi connectivity index (χ3v) is 2.65. The van der Waals surface area contributed by atoms with Gasteiger partial charge in [-0.15, -0.1) is 0 Å². The van der Waals surface area contributed by atoms with Crippen molar-refractivity contribution in [3.8, 4) is 0 Å². The SMILES string of the molecule is Cc1cccc(CNCc2ccc(F)cc2)c1. The van der Waals surface area contributed by atoms with E-state index in [0.29, 0.717) is 0 Å². The zero-order chi connectivity index (χ0) is 12.1. The fraction of sp³-hybridized carbons (Fsp3) is 0.200. The van der Waals surface area contributed by atoms with Crippen LogP contribution in [0.5, 0.6) is 0 Å². The van der Waals surface area contributed by atoms with Crippen LogP contribution in [-0.2, 0) is 13.1 Å². The van der Waals surface area contributed by atoms with Gasteiger partial charge in [0.15, 0.2) is 0 Å². The minimum Gasteiger partial charge on any atom is -0.309 e. The number of nitrogens with one attached hydrogen (secondary N) is 1. The van der Waals surface area contributed by atoms with Crippen LogP contribution in [0.3, 0.4) is 0 Å². The van der Waals surface area contributed by atoms with Crippen LogP contribution in [0.1, 0.15) is 16.7 Å². The van der Waals surface area contributed by atoms with E-state index in [-0.39, 0.29) is 5.82 Å². The lowest BCUT2D eigenvalue weighted by Gasteiger charge is -2.06. The maximum Gasteiger partial charge on any atom is 0.123 e. The predicted octanol–water partition coefficient (Wildman–Crippen LogP) is 3.42. The van der Waals surface area contributed by atoms with Gasteiger partial charge in [-0.05, 0) is 30.2 Å². The molecule has 17 heavy (non-hydrogen) atoms. The minimum absolute atomic E-state index is 0.188. The summed E-state index contributed by atoms with van der Waals surface area (Å²) in [6, 6.07) is 15.0. The smallest absolute Gasteiger partial charge is 0.123 e. The van der Waals surface area contributed by atoms with Gasteiger partial charge >= 0.3 is 0 Å². The number of aryl methyl sites for hydroxylation is 1. The highest BCUT2D eigenvalue weighted by atomic mass is 19.1. The molecule has 0 aliphatic carbocycles. The van der Waals surface area contributed by atoms with Gasteiger partial charge in [0.25, 0.3) is 0 Å². The van der Waals surface area contributed by atoms with Crippen molar-refractivity contribution in [2.75, 3.05) is 0 Å². The summed E-state index contributed by atoms with van der Waals surface area (Å²) in [5, 5.41) is 3.34. The summed E-state index contributed by atoms with van der Waals surface area (Å²) in [5.74, 6) is -0.188. The molecule has 0 fully saturated rings. The van der Waals surface area contributed by atoms with Crippen LogP contribution in [0.4, 0.5) is 4.39 Å². The molecule has 0 spiro atoms. The lowest BCUT2D eigenvalue weighted by atomic mass is 10.1. The maximum absolute atomic E-state index is 12.7. The van der Waals surface area contributed by atoms with Crippen molar-refractivity contribution in [3.63, 3.8) is 0 Å². The molecule has 2 rings (SSSR count). The summed E-state index contributed by atoms with van der Waals surface area (Å²) in [5.41, 5.74) is 3.64. The Kier molecular flexibility index (Phi) is 3.89. The summed E-state index contributed by atoms with van der Waals surface area (Å²) < 4.78 is 12.7. The molecule has 0 aliphatic rings. The van der Waals surface area contributed by atoms with Crippen molar-refractivity contribution >= 4 is 0 Å². The molecular formula is C15H16FN. The standard InChI is InChI=1S/C15H16FN/c1-12-3-2-4-14(9-12)11-17-10-13-5-7-15(16)8-6-13/h2-9,17H,10-11H2,1H3. The molecule has 0 radical (unpaired) electrons. The summed E-state index contributed by atoms with van der Waals surface area (Å²) in [4.78, 5) is 0. The van der Waals surface area contributed by atoms with Gasteiger partial charge in [-0.3, -0.25) is 0 Å². The summed E-state index contributed by atoms with van der Waals surface area (Å²) >= 11 is 0. The fourth-order valence-corrected chi connectivity index (χ4v) is 1.78. The number of hydrogen-bond acceptors (Lipinski definition) is 1. The Hall–Kier alpha value is -1.67. The largest absolute Gasteiger partial charge is 0.309 e. The molecule has 0 heterocycles. The number of halogens is 1. The molecule has 0 saturated heterocycles. The van der Waals surface area contributed by atoms with Gasteiger partial charge in [-0.2, -0.15) is 0 Å². The molecule has 0 saturated carbocycles. The van der Waals surface area contributed by atoms with E-state index in [1.165, 1.54) is 23.3 Å². The lowest BCUT2D eigenvalue weighted by molar-refractivity contribution is 0.625. The maximum atomic E-state index is 12.7. The molecule has 0 bridgehead atoms. The van der Waals surface area contributed by atoms with Gasteiger partial charge in [-0.25, -0.2) is 4.39 Å². The lowest BCUT2D eigenvalue weighted by Crippen LogP contribution is -2.12. The number of benzene rings is 2. The first kappa shape index (κ1) is 11.8. The Labute approximate surface area is 101 Å². The first-order valence-corrected chi connectivity index (χ1v) is 5.75. The average Bonchev–Trinajstić information content (AvgIpc) is 2.32. The van der Waals surface area contributed by atoms with Crippen molar-refractivity contribution in [3.05, 3.63) is 71.0 Å². The molecule has 0 amide bonds. The van der Waals surface area contributed by atoms with Crippen LogP contribution in [0.2, 0.25) is 0 Å². The Bertz CT molecular complexity index is 477. The first-order valence-electron chi connectivity index (χ1n) is 5.75. The van der Waals surface area contributed by atoms with E-state index in [1.807, 2.05) is 0 Å². The Balaban J connectivity index is 1.85. The van der Waals surface area contributed by atoms with E-state index in [1.54, 1.807) is 12.1 Å². The Morgan fingerprint density at radius 2 is 1.65 bits per heavy atom. The van der Waals surface area contributed by atoms with E-state index in [0.717, 1.165) is 18.7 Å². The quantitative estimate of drug-likeness (QED) is 0.847. The molecule has 2 heteroatoms. The zero-order valence-corrected chi connectivity index (χ0v) is 9.91. The molecule has 0 aliphatic heterocycles. The third-order valence-electron chi connectivity index (χ3n) is 2.65. The van der Waals surface area contributed by atoms with E-state index in [2.05, 4.69) is 36.5 Å². The predicted molar refractivity (Wildman–Crippen MR) is 68.1 cm³/mol. The Morgan fingerprint density at radius 1 is 0.941 bits per heavy atom. The third kappa shape index (κ3) is 3.68. The van der Waals surface area contributed by atoms with E-state index in [4.69, 9.17) is 0 Å². The average molecular weight is 229 g/mol. The normalized spacial score (nSPS) is 10.5. The fourth-order valence-electron chi connectivity index (χ4n) is 1.78. The second kappa shape index (κ2) is 5.60. The monoisotopic (exact) mass is 229 g/mol. The van der Waals surface area contributed by atoms with E-state index in [9.17, 15) is 4.39 Å². The summed E-state index contributed by atoms with van der Waals surface area (Å²) in [7, 11) is 0. The Morgan fingerprint density at radius 3 is 2.35 bits per heavy atom. The van der Waals surface area contributed by atoms with Crippen LogP contribution in [0, 0.1) is 12.7 Å². The highest BCUT2D eigenvalue weighted by Crippen LogP contribution is 2.05. The number of rotatable bonds is 4. The minimum atomic E-state index is -0.188. The highest BCUT2D eigenvalue weighted by molar-refractivity contribution is 5.22.